The maximum atomic E-state index is 10.4. The average molecular weight is 171 g/mol. The Morgan fingerprint density at radius 3 is 2.33 bits per heavy atom. The first-order valence-corrected chi connectivity index (χ1v) is 4.10. The van der Waals surface area contributed by atoms with Crippen LogP contribution < -0.4 is 5.32 Å². The number of rotatable bonds is 5. The first-order chi connectivity index (χ1) is 5.43. The van der Waals surface area contributed by atoms with Crippen molar-refractivity contribution >= 4 is 5.97 Å². The van der Waals surface area contributed by atoms with Crippen molar-refractivity contribution in [3.63, 3.8) is 0 Å². The molecule has 0 rings (SSSR count). The van der Waals surface area contributed by atoms with Crippen molar-refractivity contribution in [1.82, 2.24) is 5.32 Å². The first kappa shape index (κ1) is 11.0. The summed E-state index contributed by atoms with van der Waals surface area (Å²) in [5.74, 6) is -0.342. The summed E-state index contributed by atoms with van der Waals surface area (Å²) < 4.78 is 0. The summed E-state index contributed by atoms with van der Waals surface area (Å²) in [6.45, 7) is 9.48. The molecule has 70 valence electrons. The summed E-state index contributed by atoms with van der Waals surface area (Å²) in [5.41, 5.74) is 0.792. The van der Waals surface area contributed by atoms with E-state index in [0.29, 0.717) is 5.92 Å². The molecule has 12 heavy (non-hydrogen) atoms. The average Bonchev–Trinajstić information content (AvgIpc) is 1.84. The van der Waals surface area contributed by atoms with Gasteiger partial charge in [-0.2, -0.15) is 0 Å². The number of nitrogens with one attached hydrogen (secondary N) is 1. The van der Waals surface area contributed by atoms with Crippen LogP contribution in [0.2, 0.25) is 0 Å². The summed E-state index contributed by atoms with van der Waals surface area (Å²) in [5, 5.41) is 11.4. The maximum Gasteiger partial charge on any atom is 0.325 e. The van der Waals surface area contributed by atoms with Crippen LogP contribution in [-0.4, -0.2) is 17.1 Å². The van der Waals surface area contributed by atoms with E-state index in [1.165, 1.54) is 0 Å². The monoisotopic (exact) mass is 171 g/mol. The van der Waals surface area contributed by atoms with Gasteiger partial charge in [0.25, 0.3) is 0 Å². The molecule has 0 radical (unpaired) electrons. The van der Waals surface area contributed by atoms with Gasteiger partial charge in [-0.15, -0.1) is 0 Å². The van der Waals surface area contributed by atoms with Gasteiger partial charge in [0, 0.05) is 5.70 Å². The third-order valence-electron chi connectivity index (χ3n) is 1.45. The molecule has 0 saturated carbocycles. The minimum atomic E-state index is -0.847. The molecule has 3 heteroatoms. The molecule has 0 aliphatic rings. The fourth-order valence-electron chi connectivity index (χ4n) is 0.920. The van der Waals surface area contributed by atoms with Crippen molar-refractivity contribution in [2.24, 2.45) is 5.92 Å². The van der Waals surface area contributed by atoms with Crippen LogP contribution >= 0.6 is 0 Å². The number of carboxylic acids is 1. The SMILES string of the molecule is C=C(CC(C)C)NC(C)C(=O)O. The van der Waals surface area contributed by atoms with E-state index in [0.717, 1.165) is 12.1 Å². The van der Waals surface area contributed by atoms with Crippen LogP contribution in [0.15, 0.2) is 12.3 Å². The lowest BCUT2D eigenvalue weighted by atomic mass is 10.1. The predicted molar refractivity (Wildman–Crippen MR) is 48.8 cm³/mol. The van der Waals surface area contributed by atoms with Crippen molar-refractivity contribution < 1.29 is 9.90 Å². The zero-order chi connectivity index (χ0) is 9.72. The molecule has 0 amide bonds. The smallest absolute Gasteiger partial charge is 0.325 e. The number of allylic oxidation sites excluding steroid dienone is 1. The lowest BCUT2D eigenvalue weighted by molar-refractivity contribution is -0.138. The Bertz CT molecular complexity index is 175. The van der Waals surface area contributed by atoms with Gasteiger partial charge < -0.3 is 10.4 Å². The van der Waals surface area contributed by atoms with Gasteiger partial charge in [0.05, 0.1) is 0 Å². The van der Waals surface area contributed by atoms with Crippen molar-refractivity contribution in [2.75, 3.05) is 0 Å². The second-order valence-corrected chi connectivity index (χ2v) is 3.41. The van der Waals surface area contributed by atoms with E-state index in [4.69, 9.17) is 5.11 Å². The van der Waals surface area contributed by atoms with Gasteiger partial charge in [-0.3, -0.25) is 4.79 Å². The highest BCUT2D eigenvalue weighted by atomic mass is 16.4. The number of aliphatic carboxylic acids is 1. The third kappa shape index (κ3) is 4.77. The van der Waals surface area contributed by atoms with E-state index in [1.54, 1.807) is 6.92 Å². The normalized spacial score (nSPS) is 12.7. The molecule has 0 aromatic carbocycles. The third-order valence-corrected chi connectivity index (χ3v) is 1.45. The summed E-state index contributed by atoms with van der Waals surface area (Å²) in [6.07, 6.45) is 0.817. The Balaban J connectivity index is 3.77. The van der Waals surface area contributed by atoms with E-state index in [1.807, 2.05) is 0 Å². The lowest BCUT2D eigenvalue weighted by Gasteiger charge is -2.14. The molecule has 0 saturated heterocycles. The second kappa shape index (κ2) is 4.80. The van der Waals surface area contributed by atoms with Crippen LogP contribution in [0, 0.1) is 5.92 Å². The Labute approximate surface area is 73.5 Å². The molecule has 1 atom stereocenters. The molecule has 3 nitrogen and oxygen atoms in total. The van der Waals surface area contributed by atoms with Gasteiger partial charge in [-0.1, -0.05) is 20.4 Å². The Morgan fingerprint density at radius 1 is 1.50 bits per heavy atom. The number of hydrogen-bond acceptors (Lipinski definition) is 2. The zero-order valence-corrected chi connectivity index (χ0v) is 7.92. The van der Waals surface area contributed by atoms with Gasteiger partial charge in [-0.05, 0) is 19.3 Å². The quantitative estimate of drug-likeness (QED) is 0.660. The molecule has 0 fully saturated rings. The van der Waals surface area contributed by atoms with E-state index >= 15 is 0 Å². The number of carbonyl (C=O) groups is 1. The van der Waals surface area contributed by atoms with Gasteiger partial charge in [0.2, 0.25) is 0 Å². The maximum absolute atomic E-state index is 10.4. The van der Waals surface area contributed by atoms with Crippen molar-refractivity contribution in [1.29, 1.82) is 0 Å². The van der Waals surface area contributed by atoms with Gasteiger partial charge in [0.1, 0.15) is 6.04 Å². The van der Waals surface area contributed by atoms with Crippen LogP contribution in [-0.2, 0) is 4.79 Å². The molecule has 0 aliphatic carbocycles. The highest BCUT2D eigenvalue weighted by Crippen LogP contribution is 2.06. The highest BCUT2D eigenvalue weighted by molar-refractivity contribution is 5.73. The molecule has 0 aromatic rings. The lowest BCUT2D eigenvalue weighted by Crippen LogP contribution is -2.33. The summed E-state index contributed by atoms with van der Waals surface area (Å²) >= 11 is 0. The molecule has 2 N–H and O–H groups in total. The van der Waals surface area contributed by atoms with Crippen LogP contribution in [0.3, 0.4) is 0 Å². The van der Waals surface area contributed by atoms with Crippen LogP contribution in [0.4, 0.5) is 0 Å². The summed E-state index contributed by atoms with van der Waals surface area (Å²) in [7, 11) is 0. The standard InChI is InChI=1S/C9H17NO2/c1-6(2)5-7(3)10-8(4)9(11)12/h6,8,10H,3,5H2,1-2,4H3,(H,11,12). The fraction of sp³-hybridized carbons (Fsp3) is 0.667. The minimum Gasteiger partial charge on any atom is -0.480 e. The van der Waals surface area contributed by atoms with Crippen molar-refractivity contribution in [2.45, 2.75) is 33.2 Å². The number of hydrogen-bond donors (Lipinski definition) is 2. The number of carboxylic acid groups (broad SMARTS) is 1. The van der Waals surface area contributed by atoms with Crippen LogP contribution in [0.1, 0.15) is 27.2 Å². The Morgan fingerprint density at radius 2 is 2.00 bits per heavy atom. The largest absolute Gasteiger partial charge is 0.480 e. The van der Waals surface area contributed by atoms with Gasteiger partial charge in [0.15, 0.2) is 0 Å². The Hall–Kier alpha value is -0.990. The van der Waals surface area contributed by atoms with Gasteiger partial charge in [-0.25, -0.2) is 0 Å². The van der Waals surface area contributed by atoms with E-state index in [2.05, 4.69) is 25.7 Å². The predicted octanol–water partition coefficient (Wildman–Crippen LogP) is 1.61. The van der Waals surface area contributed by atoms with Crippen LogP contribution in [0.25, 0.3) is 0 Å². The highest BCUT2D eigenvalue weighted by Gasteiger charge is 2.10. The molecular formula is C9H17NO2. The van der Waals surface area contributed by atoms with Crippen molar-refractivity contribution in [3.8, 4) is 0 Å². The molecule has 0 aromatic heterocycles. The summed E-state index contributed by atoms with van der Waals surface area (Å²) in [4.78, 5) is 10.4. The van der Waals surface area contributed by atoms with E-state index in [-0.39, 0.29) is 0 Å². The molecular weight excluding hydrogens is 154 g/mol. The Kier molecular flexibility index (Phi) is 4.40. The molecule has 0 spiro atoms. The molecule has 0 heterocycles. The van der Waals surface area contributed by atoms with E-state index < -0.39 is 12.0 Å². The van der Waals surface area contributed by atoms with Crippen molar-refractivity contribution in [3.05, 3.63) is 12.3 Å². The topological polar surface area (TPSA) is 49.3 Å². The first-order valence-electron chi connectivity index (χ1n) is 4.10. The fourth-order valence-corrected chi connectivity index (χ4v) is 0.920. The summed E-state index contributed by atoms with van der Waals surface area (Å²) in [6, 6.07) is -0.545. The van der Waals surface area contributed by atoms with Gasteiger partial charge >= 0.3 is 5.97 Å². The molecule has 1 unspecified atom stereocenters. The molecule has 0 aliphatic heterocycles. The van der Waals surface area contributed by atoms with E-state index in [9.17, 15) is 4.79 Å². The van der Waals surface area contributed by atoms with Crippen LogP contribution in [0.5, 0.6) is 0 Å². The minimum absolute atomic E-state index is 0.506. The zero-order valence-electron chi connectivity index (χ0n) is 7.92. The molecule has 0 bridgehead atoms. The second-order valence-electron chi connectivity index (χ2n) is 3.41.